The maximum absolute atomic E-state index is 9.34. The van der Waals surface area contributed by atoms with Crippen molar-refractivity contribution in [3.8, 4) is 0 Å². The average Bonchev–Trinajstić information content (AvgIpc) is 2.13. The van der Waals surface area contributed by atoms with Gasteiger partial charge < -0.3 is 5.11 Å². The molecule has 2 atom stereocenters. The summed E-state index contributed by atoms with van der Waals surface area (Å²) in [6.45, 7) is 4.22. The molecule has 1 nitrogen and oxygen atoms in total. The molecule has 9 heavy (non-hydrogen) atoms. The maximum atomic E-state index is 9.34. The van der Waals surface area contributed by atoms with Crippen LogP contribution >= 0.6 is 0 Å². The van der Waals surface area contributed by atoms with E-state index in [1.807, 2.05) is 0 Å². The van der Waals surface area contributed by atoms with E-state index in [0.29, 0.717) is 5.92 Å². The Hall–Kier alpha value is -0.0400. The van der Waals surface area contributed by atoms with Gasteiger partial charge in [0.25, 0.3) is 0 Å². The zero-order chi connectivity index (χ0) is 6.85. The minimum Gasteiger partial charge on any atom is -0.393 e. The van der Waals surface area contributed by atoms with Gasteiger partial charge in [-0.3, -0.25) is 0 Å². The summed E-state index contributed by atoms with van der Waals surface area (Å²) >= 11 is 0. The first kappa shape index (κ1) is 7.07. The summed E-state index contributed by atoms with van der Waals surface area (Å²) < 4.78 is 0. The van der Waals surface area contributed by atoms with Gasteiger partial charge in [0.05, 0.1) is 6.10 Å². The largest absolute Gasteiger partial charge is 0.393 e. The lowest BCUT2D eigenvalue weighted by atomic mass is 9.93. The lowest BCUT2D eigenvalue weighted by Crippen LogP contribution is -2.16. The lowest BCUT2D eigenvalue weighted by molar-refractivity contribution is 0.139. The molecule has 1 aliphatic rings. The molecule has 0 aromatic heterocycles. The second kappa shape index (κ2) is 2.70. The van der Waals surface area contributed by atoms with Gasteiger partial charge in [-0.05, 0) is 24.7 Å². The van der Waals surface area contributed by atoms with E-state index in [2.05, 4.69) is 13.8 Å². The summed E-state index contributed by atoms with van der Waals surface area (Å²) in [5.41, 5.74) is 0. The van der Waals surface area contributed by atoms with Gasteiger partial charge in [-0.15, -0.1) is 0 Å². The predicted molar refractivity (Wildman–Crippen MR) is 37.9 cm³/mol. The number of rotatable bonds is 1. The van der Waals surface area contributed by atoms with Crippen LogP contribution in [0.2, 0.25) is 0 Å². The molecule has 53 valence electrons. The molecule has 1 aliphatic carbocycles. The Balaban J connectivity index is 2.40. The highest BCUT2D eigenvalue weighted by Crippen LogP contribution is 2.32. The van der Waals surface area contributed by atoms with Crippen molar-refractivity contribution in [2.45, 2.75) is 39.2 Å². The zero-order valence-electron chi connectivity index (χ0n) is 6.22. The van der Waals surface area contributed by atoms with Crippen LogP contribution in [0, 0.1) is 11.8 Å². The minimum absolute atomic E-state index is 0.0324. The Morgan fingerprint density at radius 1 is 1.33 bits per heavy atom. The topological polar surface area (TPSA) is 20.2 Å². The zero-order valence-corrected chi connectivity index (χ0v) is 6.22. The summed E-state index contributed by atoms with van der Waals surface area (Å²) in [7, 11) is 0. The van der Waals surface area contributed by atoms with E-state index in [4.69, 9.17) is 0 Å². The third-order valence-corrected chi connectivity index (χ3v) is 2.22. The van der Waals surface area contributed by atoms with Gasteiger partial charge in [-0.1, -0.05) is 20.3 Å². The van der Waals surface area contributed by atoms with Crippen LogP contribution in [0.1, 0.15) is 33.1 Å². The van der Waals surface area contributed by atoms with Crippen molar-refractivity contribution < 1.29 is 5.11 Å². The first-order valence-electron chi connectivity index (χ1n) is 3.70. The Kier molecular flexibility index (Phi) is 2.12. The van der Waals surface area contributed by atoms with Gasteiger partial charge in [0.2, 0.25) is 0 Å². The number of aliphatic hydroxyl groups is 1. The van der Waals surface area contributed by atoms with Crippen molar-refractivity contribution >= 4 is 0 Å². The van der Waals surface area contributed by atoms with Gasteiger partial charge in [0, 0.05) is 0 Å². The number of aliphatic hydroxyl groups excluding tert-OH is 1. The Morgan fingerprint density at radius 3 is 2.22 bits per heavy atom. The van der Waals surface area contributed by atoms with E-state index in [1.54, 1.807) is 0 Å². The summed E-state index contributed by atoms with van der Waals surface area (Å²) in [6, 6.07) is 0. The van der Waals surface area contributed by atoms with Crippen LogP contribution in [0.3, 0.4) is 0 Å². The van der Waals surface area contributed by atoms with Gasteiger partial charge in [0.15, 0.2) is 0 Å². The molecule has 1 N–H and O–H groups in total. The summed E-state index contributed by atoms with van der Waals surface area (Å²) in [5, 5.41) is 9.34. The van der Waals surface area contributed by atoms with Crippen LogP contribution < -0.4 is 0 Å². The third kappa shape index (κ3) is 1.45. The summed E-state index contributed by atoms with van der Waals surface area (Å²) in [4.78, 5) is 0. The van der Waals surface area contributed by atoms with Crippen LogP contribution in [0.15, 0.2) is 0 Å². The van der Waals surface area contributed by atoms with Crippen LogP contribution in [-0.2, 0) is 0 Å². The molecule has 0 bridgehead atoms. The van der Waals surface area contributed by atoms with Gasteiger partial charge in [-0.2, -0.15) is 0 Å². The van der Waals surface area contributed by atoms with Crippen molar-refractivity contribution in [3.05, 3.63) is 5.92 Å². The molecule has 0 spiro atoms. The lowest BCUT2D eigenvalue weighted by Gasteiger charge is -2.16. The van der Waals surface area contributed by atoms with E-state index in [1.165, 1.54) is 18.8 Å². The van der Waals surface area contributed by atoms with Crippen molar-refractivity contribution in [1.29, 1.82) is 0 Å². The molecule has 0 saturated heterocycles. The van der Waals surface area contributed by atoms with Gasteiger partial charge >= 0.3 is 0 Å². The van der Waals surface area contributed by atoms with E-state index in [0.717, 1.165) is 6.42 Å². The average molecular weight is 127 g/mol. The van der Waals surface area contributed by atoms with Gasteiger partial charge in [-0.25, -0.2) is 0 Å². The molecule has 0 aliphatic heterocycles. The first-order valence-corrected chi connectivity index (χ1v) is 3.70. The van der Waals surface area contributed by atoms with E-state index < -0.39 is 0 Å². The number of hydrogen-bond acceptors (Lipinski definition) is 1. The monoisotopic (exact) mass is 127 g/mol. The highest BCUT2D eigenvalue weighted by atomic mass is 16.3. The standard InChI is InChI=1S/C8H15O/c1-6(2)7-4-3-5-8(7)9/h7-9H,3-5H2,1-2H3. The van der Waals surface area contributed by atoms with Crippen LogP contribution in [0.5, 0.6) is 0 Å². The fourth-order valence-corrected chi connectivity index (χ4v) is 1.61. The normalized spacial score (nSPS) is 36.0. The third-order valence-electron chi connectivity index (χ3n) is 2.22. The highest BCUT2D eigenvalue weighted by molar-refractivity contribution is 4.94. The van der Waals surface area contributed by atoms with Crippen LogP contribution in [0.25, 0.3) is 0 Å². The Labute approximate surface area is 57.1 Å². The van der Waals surface area contributed by atoms with Crippen LogP contribution in [-0.4, -0.2) is 11.2 Å². The molecule has 1 fully saturated rings. The quantitative estimate of drug-likeness (QED) is 0.569. The molecule has 1 saturated carbocycles. The molecule has 2 unspecified atom stereocenters. The smallest absolute Gasteiger partial charge is 0.0573 e. The van der Waals surface area contributed by atoms with Gasteiger partial charge in [0.1, 0.15) is 0 Å². The van der Waals surface area contributed by atoms with Crippen molar-refractivity contribution in [2.24, 2.45) is 5.92 Å². The van der Waals surface area contributed by atoms with Crippen molar-refractivity contribution in [3.63, 3.8) is 0 Å². The molecule has 1 heteroatoms. The summed E-state index contributed by atoms with van der Waals surface area (Å²) in [6.07, 6.45) is 3.38. The van der Waals surface area contributed by atoms with Crippen LogP contribution in [0.4, 0.5) is 0 Å². The SMILES string of the molecule is C[C](C)C1CCCC1O. The molecule has 1 rings (SSSR count). The van der Waals surface area contributed by atoms with Crippen molar-refractivity contribution in [1.82, 2.24) is 0 Å². The molecule has 1 radical (unpaired) electrons. The molecule has 0 amide bonds. The van der Waals surface area contributed by atoms with E-state index >= 15 is 0 Å². The maximum Gasteiger partial charge on any atom is 0.0573 e. The second-order valence-electron chi connectivity index (χ2n) is 3.18. The first-order chi connectivity index (χ1) is 4.22. The highest BCUT2D eigenvalue weighted by Gasteiger charge is 2.27. The van der Waals surface area contributed by atoms with Crippen molar-refractivity contribution in [2.75, 3.05) is 0 Å². The van der Waals surface area contributed by atoms with E-state index in [9.17, 15) is 5.11 Å². The molecular formula is C8H15O. The van der Waals surface area contributed by atoms with E-state index in [-0.39, 0.29) is 6.10 Å². The fraction of sp³-hybridized carbons (Fsp3) is 0.875. The molecule has 0 aromatic carbocycles. The number of hydrogen-bond donors (Lipinski definition) is 1. The molecule has 0 aromatic rings. The Morgan fingerprint density at radius 2 is 2.00 bits per heavy atom. The fourth-order valence-electron chi connectivity index (χ4n) is 1.61. The summed E-state index contributed by atoms with van der Waals surface area (Å²) in [5.74, 6) is 1.89. The molecule has 0 heterocycles. The molecular weight excluding hydrogens is 112 g/mol. The predicted octanol–water partition coefficient (Wildman–Crippen LogP) is 1.76. The Bertz CT molecular complexity index is 88.6. The minimum atomic E-state index is -0.0324. The second-order valence-corrected chi connectivity index (χ2v) is 3.18.